The van der Waals surface area contributed by atoms with Crippen molar-refractivity contribution in [1.82, 2.24) is 15.5 Å². The van der Waals surface area contributed by atoms with E-state index in [-0.39, 0.29) is 44.1 Å². The van der Waals surface area contributed by atoms with Crippen LogP contribution < -0.4 is 21.1 Å². The fraction of sp³-hybridized carbons (Fsp3) is 0.529. The van der Waals surface area contributed by atoms with E-state index in [1.807, 2.05) is 0 Å². The molecule has 1 atom stereocenters. The molecule has 0 saturated carbocycles. The maximum Gasteiger partial charge on any atom is 0.405 e. The van der Waals surface area contributed by atoms with Crippen LogP contribution in [0.15, 0.2) is 24.3 Å². The van der Waals surface area contributed by atoms with Crippen molar-refractivity contribution in [2.24, 2.45) is 5.73 Å². The first-order valence-corrected chi connectivity index (χ1v) is 8.58. The molecule has 2 rings (SSSR count). The lowest BCUT2D eigenvalue weighted by atomic mass is 10.2. The molecule has 1 saturated heterocycles. The van der Waals surface area contributed by atoms with E-state index >= 15 is 0 Å². The van der Waals surface area contributed by atoms with Crippen molar-refractivity contribution < 1.29 is 27.5 Å². The summed E-state index contributed by atoms with van der Waals surface area (Å²) in [6.07, 6.45) is -4.52. The van der Waals surface area contributed by atoms with Crippen molar-refractivity contribution >= 4 is 24.2 Å². The molecule has 2 amide bonds. The highest BCUT2D eigenvalue weighted by molar-refractivity contribution is 5.93. The predicted molar refractivity (Wildman–Crippen MR) is 99.6 cm³/mol. The lowest BCUT2D eigenvalue weighted by Crippen LogP contribution is -2.57. The maximum absolute atomic E-state index is 13.3. The molecule has 1 fully saturated rings. The van der Waals surface area contributed by atoms with Gasteiger partial charge in [-0.15, -0.1) is 12.4 Å². The number of piperazine rings is 1. The zero-order valence-electron chi connectivity index (χ0n) is 15.1. The van der Waals surface area contributed by atoms with Gasteiger partial charge in [0.1, 0.15) is 11.8 Å². The van der Waals surface area contributed by atoms with Gasteiger partial charge in [0.15, 0.2) is 0 Å². The highest BCUT2D eigenvalue weighted by atomic mass is 35.5. The third kappa shape index (κ3) is 7.53. The van der Waals surface area contributed by atoms with Gasteiger partial charge < -0.3 is 21.1 Å². The van der Waals surface area contributed by atoms with Crippen molar-refractivity contribution in [3.63, 3.8) is 0 Å². The normalized spacial score (nSPS) is 16.0. The minimum atomic E-state index is -4.42. The van der Waals surface area contributed by atoms with E-state index < -0.39 is 30.6 Å². The number of benzene rings is 1. The highest BCUT2D eigenvalue weighted by Gasteiger charge is 2.43. The molecule has 1 heterocycles. The van der Waals surface area contributed by atoms with Crippen molar-refractivity contribution in [3.8, 4) is 5.75 Å². The summed E-state index contributed by atoms with van der Waals surface area (Å²) < 4.78 is 45.1. The van der Waals surface area contributed by atoms with Gasteiger partial charge in [0.2, 0.25) is 11.8 Å². The molecular formula is C17H24ClF3N4O3. The van der Waals surface area contributed by atoms with Crippen LogP contribution in [0.1, 0.15) is 16.8 Å². The fourth-order valence-corrected chi connectivity index (χ4v) is 2.75. The van der Waals surface area contributed by atoms with Crippen LogP contribution in [0.3, 0.4) is 0 Å². The van der Waals surface area contributed by atoms with E-state index in [0.717, 1.165) is 0 Å². The number of primary amides is 1. The van der Waals surface area contributed by atoms with Gasteiger partial charge in [0, 0.05) is 38.3 Å². The van der Waals surface area contributed by atoms with Gasteiger partial charge in [0.05, 0.1) is 13.0 Å². The number of halogens is 4. The molecule has 1 aromatic carbocycles. The molecule has 0 radical (unpaired) electrons. The average molecular weight is 425 g/mol. The first-order valence-electron chi connectivity index (χ1n) is 8.58. The predicted octanol–water partition coefficient (Wildman–Crippen LogP) is 0.928. The minimum Gasteiger partial charge on any atom is -0.493 e. The zero-order valence-corrected chi connectivity index (χ0v) is 15.9. The summed E-state index contributed by atoms with van der Waals surface area (Å²) in [5, 5.41) is 5.33. The molecule has 1 aliphatic heterocycles. The quantitative estimate of drug-likeness (QED) is 0.577. The summed E-state index contributed by atoms with van der Waals surface area (Å²) in [6.45, 7) is 0.994. The second-order valence-corrected chi connectivity index (χ2v) is 6.14. The smallest absolute Gasteiger partial charge is 0.405 e. The third-order valence-corrected chi connectivity index (χ3v) is 4.18. The number of nitrogens with zero attached hydrogens (tertiary/aromatic N) is 1. The van der Waals surface area contributed by atoms with Crippen LogP contribution in [-0.4, -0.2) is 68.3 Å². The van der Waals surface area contributed by atoms with Gasteiger partial charge in [-0.3, -0.25) is 14.5 Å². The van der Waals surface area contributed by atoms with Crippen LogP contribution in [0.5, 0.6) is 5.75 Å². The number of amides is 2. The third-order valence-electron chi connectivity index (χ3n) is 4.18. The molecular weight excluding hydrogens is 401 g/mol. The van der Waals surface area contributed by atoms with Crippen LogP contribution in [0.2, 0.25) is 0 Å². The first kappa shape index (κ1) is 24.0. The summed E-state index contributed by atoms with van der Waals surface area (Å²) in [5.74, 6) is -0.789. The van der Waals surface area contributed by atoms with E-state index in [1.165, 1.54) is 17.0 Å². The minimum absolute atomic E-state index is 0. The summed E-state index contributed by atoms with van der Waals surface area (Å²) in [7, 11) is 0. The average Bonchev–Trinajstić information content (AvgIpc) is 2.62. The molecule has 0 bridgehead atoms. The van der Waals surface area contributed by atoms with Crippen LogP contribution in [0, 0.1) is 0 Å². The molecule has 28 heavy (non-hydrogen) atoms. The van der Waals surface area contributed by atoms with E-state index in [1.54, 1.807) is 12.1 Å². The molecule has 1 aromatic rings. The Hall–Kier alpha value is -2.04. The highest BCUT2D eigenvalue weighted by Crippen LogP contribution is 2.24. The number of carbonyl (C=O) groups excluding carboxylic acids is 2. The largest absolute Gasteiger partial charge is 0.493 e. The number of carbonyl (C=O) groups is 2. The molecule has 1 unspecified atom stereocenters. The number of hydrogen-bond donors (Lipinski definition) is 3. The molecule has 4 N–H and O–H groups in total. The second-order valence-electron chi connectivity index (χ2n) is 6.14. The Labute approximate surface area is 167 Å². The summed E-state index contributed by atoms with van der Waals surface area (Å²) in [4.78, 5) is 24.3. The van der Waals surface area contributed by atoms with Crippen molar-refractivity contribution in [3.05, 3.63) is 29.8 Å². The molecule has 0 aromatic heterocycles. The van der Waals surface area contributed by atoms with Gasteiger partial charge in [-0.05, 0) is 18.2 Å². The van der Waals surface area contributed by atoms with Crippen LogP contribution in [0.4, 0.5) is 13.2 Å². The van der Waals surface area contributed by atoms with Gasteiger partial charge in [0.25, 0.3) is 0 Å². The number of alkyl halides is 3. The van der Waals surface area contributed by atoms with Crippen molar-refractivity contribution in [1.29, 1.82) is 0 Å². The van der Waals surface area contributed by atoms with E-state index in [0.29, 0.717) is 18.8 Å². The first-order chi connectivity index (χ1) is 12.8. The molecule has 0 aliphatic carbocycles. The van der Waals surface area contributed by atoms with Gasteiger partial charge in [-0.25, -0.2) is 0 Å². The Balaban J connectivity index is 0.00000392. The van der Waals surface area contributed by atoms with Gasteiger partial charge in [-0.2, -0.15) is 13.2 Å². The number of ether oxygens (including phenoxy) is 1. The standard InChI is InChI=1S/C17H23F3N4O3.ClH/c18-17(19,20)14(24-7-5-22-6-8-24)11-23-15(25)4-9-27-13-3-1-2-12(10-13)16(21)26;/h1-3,10,14,22H,4-9,11H2,(H2,21,26)(H,23,25);1H. The Morgan fingerprint density at radius 2 is 1.96 bits per heavy atom. The maximum atomic E-state index is 13.3. The van der Waals surface area contributed by atoms with Gasteiger partial charge in [-0.1, -0.05) is 6.07 Å². The summed E-state index contributed by atoms with van der Waals surface area (Å²) >= 11 is 0. The van der Waals surface area contributed by atoms with Crippen molar-refractivity contribution in [2.75, 3.05) is 39.3 Å². The second kappa shape index (κ2) is 11.1. The van der Waals surface area contributed by atoms with Gasteiger partial charge >= 0.3 is 6.18 Å². The SMILES string of the molecule is Cl.NC(=O)c1cccc(OCCC(=O)NCC(N2CCNCC2)C(F)(F)F)c1. The Kier molecular flexibility index (Phi) is 9.50. The zero-order chi connectivity index (χ0) is 19.9. The molecule has 1 aliphatic rings. The van der Waals surface area contributed by atoms with E-state index in [9.17, 15) is 22.8 Å². The monoisotopic (exact) mass is 424 g/mol. The molecule has 7 nitrogen and oxygen atoms in total. The topological polar surface area (TPSA) is 96.7 Å². The molecule has 158 valence electrons. The molecule has 11 heteroatoms. The number of nitrogens with one attached hydrogen (secondary N) is 2. The Bertz CT molecular complexity index is 655. The Morgan fingerprint density at radius 1 is 1.29 bits per heavy atom. The fourth-order valence-electron chi connectivity index (χ4n) is 2.75. The summed E-state index contributed by atoms with van der Waals surface area (Å²) in [6, 6.07) is 4.42. The number of hydrogen-bond acceptors (Lipinski definition) is 5. The Morgan fingerprint density at radius 3 is 2.57 bits per heavy atom. The van der Waals surface area contributed by atoms with Crippen molar-refractivity contribution in [2.45, 2.75) is 18.6 Å². The van der Waals surface area contributed by atoms with Crippen LogP contribution >= 0.6 is 12.4 Å². The number of rotatable bonds is 8. The molecule has 0 spiro atoms. The van der Waals surface area contributed by atoms with E-state index in [2.05, 4.69) is 10.6 Å². The van der Waals surface area contributed by atoms with Crippen LogP contribution in [-0.2, 0) is 4.79 Å². The lowest BCUT2D eigenvalue weighted by Gasteiger charge is -2.35. The lowest BCUT2D eigenvalue weighted by molar-refractivity contribution is -0.184. The van der Waals surface area contributed by atoms with Crippen LogP contribution in [0.25, 0.3) is 0 Å². The number of nitrogens with two attached hydrogens (primary N) is 1. The van der Waals surface area contributed by atoms with E-state index in [4.69, 9.17) is 10.5 Å². The summed E-state index contributed by atoms with van der Waals surface area (Å²) in [5.41, 5.74) is 5.43.